The maximum atomic E-state index is 12.9. The van der Waals surface area contributed by atoms with Gasteiger partial charge in [-0.1, -0.05) is 11.8 Å². The second-order valence-corrected chi connectivity index (χ2v) is 13.3. The lowest BCUT2D eigenvalue weighted by Crippen LogP contribution is -2.65. The lowest BCUT2D eigenvalue weighted by Gasteiger charge is -2.44. The van der Waals surface area contributed by atoms with Crippen molar-refractivity contribution in [3.63, 3.8) is 0 Å². The number of aliphatic hydroxyl groups is 3. The van der Waals surface area contributed by atoms with Crippen molar-refractivity contribution in [1.82, 2.24) is 0 Å². The van der Waals surface area contributed by atoms with Gasteiger partial charge in [0.05, 0.1) is 6.61 Å². The third kappa shape index (κ3) is 23.7. The van der Waals surface area contributed by atoms with Crippen molar-refractivity contribution >= 4 is 48.9 Å². The monoisotopic (exact) mass is 922 g/mol. The highest BCUT2D eigenvalue weighted by Crippen LogP contribution is 2.50. The van der Waals surface area contributed by atoms with Crippen LogP contribution in [-0.2, 0) is 50.9 Å². The van der Waals surface area contributed by atoms with Gasteiger partial charge in [-0.3, -0.25) is 18.1 Å². The number of hydrogen-bond donors (Lipinski definition) is 8. The van der Waals surface area contributed by atoms with Crippen molar-refractivity contribution < 1.29 is 123 Å². The number of aliphatic hydroxyl groups excluding tert-OH is 3. The van der Waals surface area contributed by atoms with Crippen LogP contribution in [0.1, 0.15) is 46.7 Å². The Bertz CT molecular complexity index is 2430. The molecule has 348 valence electrons. The number of carbonyl (C=O) groups excluding carboxylic acids is 2. The van der Waals surface area contributed by atoms with Crippen LogP contribution in [0.3, 0.4) is 0 Å². The molecule has 1 fully saturated rings. The van der Waals surface area contributed by atoms with E-state index in [-0.39, 0.29) is 46.3 Å². The average molecular weight is 923 g/mol. The normalized spacial score (nSPS) is 19.8. The van der Waals surface area contributed by atoms with Crippen molar-refractivity contribution in [2.45, 2.75) is 56.6 Å². The van der Waals surface area contributed by atoms with E-state index in [9.17, 15) is 63.1 Å². The molecular weight excluding hydrogens is 849 g/mol. The van der Waals surface area contributed by atoms with Gasteiger partial charge in [-0.15, -0.1) is 0 Å². The first-order chi connectivity index (χ1) is 26.8. The first kappa shape index (κ1) is 52.7. The summed E-state index contributed by atoms with van der Waals surface area (Å²) in [5.41, 5.74) is 0. The fourth-order valence-electron chi connectivity index (χ4n) is 3.45. The summed E-state index contributed by atoms with van der Waals surface area (Å²) in [5, 5.41) is 31.4. The number of carbonyl (C=O) groups is 2. The van der Waals surface area contributed by atoms with E-state index in [0.717, 1.165) is 0 Å². The fourth-order valence-corrected chi connectivity index (χ4v) is 5.55. The molecule has 0 aliphatic heterocycles. The van der Waals surface area contributed by atoms with Crippen molar-refractivity contribution in [3.8, 4) is 130 Å². The number of ether oxygens (including phenoxy) is 2. The first-order valence-electron chi connectivity index (χ1n) is 14.7. The van der Waals surface area contributed by atoms with Crippen molar-refractivity contribution in [2.75, 3.05) is 13.2 Å². The molecule has 8 atom stereocenters. The van der Waals surface area contributed by atoms with Crippen LogP contribution in [0, 0.1) is 130 Å². The van der Waals surface area contributed by atoms with E-state index in [1.807, 2.05) is 11.8 Å². The quantitative estimate of drug-likeness (QED) is 0.0604. The summed E-state index contributed by atoms with van der Waals surface area (Å²) >= 11 is 0. The Kier molecular flexibility index (Phi) is 24.8. The second kappa shape index (κ2) is 27.3. The maximum Gasteiger partial charge on any atom is 0.472 e. The van der Waals surface area contributed by atoms with Gasteiger partial charge >= 0.3 is 35.4 Å². The predicted octanol–water partition coefficient (Wildman–Crippen LogP) is 2.84. The molecule has 19 nitrogen and oxygen atoms in total. The molecule has 0 amide bonds. The zero-order chi connectivity index (χ0) is 42.9. The third-order valence-corrected chi connectivity index (χ3v) is 7.49. The van der Waals surface area contributed by atoms with Gasteiger partial charge in [-0.25, -0.2) is 23.3 Å². The highest BCUT2D eigenvalue weighted by atomic mass is 32.1. The van der Waals surface area contributed by atoms with Crippen LogP contribution in [0.25, 0.3) is 0 Å². The summed E-state index contributed by atoms with van der Waals surface area (Å²) in [6, 6.07) is 0. The molecule has 0 bridgehead atoms. The van der Waals surface area contributed by atoms with E-state index >= 15 is 0 Å². The van der Waals surface area contributed by atoms with Gasteiger partial charge < -0.3 is 49.3 Å². The Labute approximate surface area is 372 Å². The Morgan fingerprint density at radius 3 is 1.22 bits per heavy atom. The molecule has 23 heteroatoms. The highest BCUT2D eigenvalue weighted by Gasteiger charge is 2.56. The SMILES string of the molecule is CC#CC#CC#CC#CC#CC#CC(=O)O[C@H](COC(=O)C#CC#CC#CC#CC#CC)COP(=O)(O)OC1C(O)[C@@H](OP(=O)(O)O)C(O)[C@@H](OP(=O)(O)O)[C@H]1O.S.[HH].[HH].[HH].[HH].[HH].[HH].[HH].[HH].[HH].[HH].[HH].[HH].[HH].[HH].[HH].[HH].[HH].[HH].[HH].[HH].[HH].[HH].[HH]. The van der Waals surface area contributed by atoms with Crippen LogP contribution < -0.4 is 0 Å². The van der Waals surface area contributed by atoms with Crippen molar-refractivity contribution in [3.05, 3.63) is 0 Å². The summed E-state index contributed by atoms with van der Waals surface area (Å²) in [7, 11) is -16.9. The van der Waals surface area contributed by atoms with Gasteiger partial charge in [0, 0.05) is 44.7 Å². The highest BCUT2D eigenvalue weighted by molar-refractivity contribution is 7.59. The van der Waals surface area contributed by atoms with Crippen molar-refractivity contribution in [2.24, 2.45) is 0 Å². The Morgan fingerprint density at radius 2 is 0.862 bits per heavy atom. The maximum absolute atomic E-state index is 12.9. The van der Waals surface area contributed by atoms with Crippen LogP contribution in [0.4, 0.5) is 0 Å². The summed E-state index contributed by atoms with van der Waals surface area (Å²) in [5.74, 6) is 47.9. The van der Waals surface area contributed by atoms with Crippen LogP contribution in [-0.4, -0.2) is 108 Å². The Morgan fingerprint density at radius 1 is 0.534 bits per heavy atom. The summed E-state index contributed by atoms with van der Waals surface area (Å²) in [6.45, 7) is 1.02. The summed E-state index contributed by atoms with van der Waals surface area (Å²) in [6.07, 6.45) is -17.3. The van der Waals surface area contributed by atoms with E-state index < -0.39 is 91.3 Å². The zero-order valence-electron chi connectivity index (χ0n) is 29.4. The molecule has 0 aromatic carbocycles. The minimum atomic E-state index is -5.65. The molecule has 8 N–H and O–H groups in total. The van der Waals surface area contributed by atoms with E-state index in [1.54, 1.807) is 13.8 Å². The molecule has 0 aromatic rings. The molecule has 1 aliphatic rings. The molecule has 1 rings (SSSR count). The number of rotatable bonds is 12. The predicted molar refractivity (Wildman–Crippen MR) is 249 cm³/mol. The van der Waals surface area contributed by atoms with Gasteiger partial charge in [0.25, 0.3) is 0 Å². The lowest BCUT2D eigenvalue weighted by molar-refractivity contribution is -0.213. The molecule has 0 heterocycles. The van der Waals surface area contributed by atoms with Crippen molar-refractivity contribution in [1.29, 1.82) is 0 Å². The fraction of sp³-hybridized carbons (Fsp3) is 0.314. The van der Waals surface area contributed by atoms with Gasteiger partial charge in [0.2, 0.25) is 0 Å². The Balaban J connectivity index is -0.0000000615. The van der Waals surface area contributed by atoms with E-state index in [1.165, 1.54) is 0 Å². The molecular formula is C35H73O19P3S. The second-order valence-electron chi connectivity index (χ2n) is 9.55. The van der Waals surface area contributed by atoms with E-state index in [0.29, 0.717) is 0 Å². The number of hydrogen-bond acceptors (Lipinski definition) is 14. The lowest BCUT2D eigenvalue weighted by atomic mass is 9.85. The topological polar surface area (TPSA) is 303 Å². The number of esters is 2. The van der Waals surface area contributed by atoms with Gasteiger partial charge in [0.1, 0.15) is 43.2 Å². The number of phosphoric ester groups is 3. The van der Waals surface area contributed by atoms with Crippen LogP contribution >= 0.6 is 37.0 Å². The largest absolute Gasteiger partial charge is 0.472 e. The van der Waals surface area contributed by atoms with Gasteiger partial charge in [0.15, 0.2) is 6.10 Å². The Hall–Kier alpha value is -5.34. The minimum absolute atomic E-state index is 0. The minimum Gasteiger partial charge on any atom is -0.452 e. The van der Waals surface area contributed by atoms with Gasteiger partial charge in [-0.05, 0) is 120 Å². The smallest absolute Gasteiger partial charge is 0.452 e. The molecule has 4 unspecified atom stereocenters. The van der Waals surface area contributed by atoms with Crippen LogP contribution in [0.15, 0.2) is 0 Å². The van der Waals surface area contributed by atoms with Crippen LogP contribution in [0.5, 0.6) is 0 Å². The number of phosphoric acid groups is 3. The first-order valence-corrected chi connectivity index (χ1v) is 19.3. The third-order valence-electron chi connectivity index (χ3n) is 5.47. The van der Waals surface area contributed by atoms with Gasteiger partial charge in [-0.2, -0.15) is 13.5 Å². The summed E-state index contributed by atoms with van der Waals surface area (Å²) < 4.78 is 63.4. The molecule has 58 heavy (non-hydrogen) atoms. The van der Waals surface area contributed by atoms with E-state index in [4.69, 9.17) is 18.5 Å². The molecule has 1 aliphatic carbocycles. The molecule has 1 saturated carbocycles. The summed E-state index contributed by atoms with van der Waals surface area (Å²) in [4.78, 5) is 71.5. The molecule has 0 spiro atoms. The molecule has 0 radical (unpaired) electrons. The zero-order valence-corrected chi connectivity index (χ0v) is 33.0. The standard InChI is InChI=1S/C35H25O19P3.H2S.23H2/c1-3-5-7-9-11-13-14-16-18-20-22-24-29(37)51-27(25-49-28(36)23-21-19-17-15-12-10-8-6-4-2)26-50-57(47,48)54-35-31(39)33(52-55(41,42)43)30(38)34(32(35)40)53-56(44,45)46;;;;;;;;;;;;;;;;;;;;;;;;/h27,30-35,38-40H,25-26H2,1-2H3,(H,47,48)(H2,41,42,43)(H2,44,45,46);1H2;23*1H/t27-,30?,31-,32?,33-,34+,35?;;;;;;;;;;;;;;;;;;;;;;;;/m1......................../s1. The van der Waals surface area contributed by atoms with Crippen LogP contribution in [0.2, 0.25) is 0 Å². The van der Waals surface area contributed by atoms with E-state index in [2.05, 4.69) is 127 Å². The molecule has 0 aromatic heterocycles. The average Bonchev–Trinajstić information content (AvgIpc) is 3.12. The molecule has 0 saturated heterocycles.